The van der Waals surface area contributed by atoms with E-state index in [1.54, 1.807) is 21.6 Å². The average Bonchev–Trinajstić information content (AvgIpc) is 3.37. The van der Waals surface area contributed by atoms with Crippen molar-refractivity contribution in [2.75, 3.05) is 19.6 Å². The summed E-state index contributed by atoms with van der Waals surface area (Å²) in [5.74, 6) is 1.88. The Morgan fingerprint density at radius 2 is 2.10 bits per heavy atom. The van der Waals surface area contributed by atoms with Crippen LogP contribution in [-0.4, -0.2) is 51.8 Å². The molecule has 0 aromatic carbocycles. The van der Waals surface area contributed by atoms with Gasteiger partial charge in [0.05, 0.1) is 0 Å². The normalized spacial score (nSPS) is 29.6. The van der Waals surface area contributed by atoms with Crippen LogP contribution >= 0.6 is 0 Å². The van der Waals surface area contributed by atoms with Gasteiger partial charge in [-0.25, -0.2) is 4.98 Å². The average molecular weight is 410 g/mol. The minimum atomic E-state index is -0.123. The van der Waals surface area contributed by atoms with Gasteiger partial charge in [-0.15, -0.1) is 0 Å². The molecule has 6 rings (SSSR count). The molecule has 0 radical (unpaired) electrons. The van der Waals surface area contributed by atoms with Gasteiger partial charge in [0.2, 0.25) is 0 Å². The summed E-state index contributed by atoms with van der Waals surface area (Å²) in [5.41, 5.74) is 7.82. The van der Waals surface area contributed by atoms with E-state index >= 15 is 0 Å². The second-order valence-electron chi connectivity index (χ2n) is 9.97. The van der Waals surface area contributed by atoms with Crippen molar-refractivity contribution in [2.24, 2.45) is 28.9 Å². The van der Waals surface area contributed by atoms with E-state index in [4.69, 9.17) is 5.73 Å². The van der Waals surface area contributed by atoms with Gasteiger partial charge in [-0.1, -0.05) is 19.9 Å². The fourth-order valence-electron chi connectivity index (χ4n) is 5.95. The summed E-state index contributed by atoms with van der Waals surface area (Å²) in [5, 5.41) is 3.15. The van der Waals surface area contributed by atoms with Gasteiger partial charge in [-0.05, 0) is 61.0 Å². The van der Waals surface area contributed by atoms with E-state index in [-0.39, 0.29) is 17.9 Å². The molecule has 3 saturated carbocycles. The number of aromatic nitrogens is 2. The molecule has 160 valence electrons. The summed E-state index contributed by atoms with van der Waals surface area (Å²) in [6.07, 6.45) is 6.26. The lowest BCUT2D eigenvalue weighted by atomic mass is 9.45. The number of amides is 2. The van der Waals surface area contributed by atoms with Gasteiger partial charge >= 0.3 is 0 Å². The molecule has 2 bridgehead atoms. The molecule has 3 heterocycles. The predicted molar refractivity (Wildman–Crippen MR) is 114 cm³/mol. The molecule has 2 aromatic heterocycles. The van der Waals surface area contributed by atoms with E-state index in [0.717, 1.165) is 12.3 Å². The minimum absolute atomic E-state index is 0.0306. The molecular formula is C23H31N5O2. The summed E-state index contributed by atoms with van der Waals surface area (Å²) in [6, 6.07) is 5.45. The number of fused-ring (bicyclic) bond motifs is 3. The molecule has 30 heavy (non-hydrogen) atoms. The van der Waals surface area contributed by atoms with Gasteiger partial charge in [-0.3, -0.25) is 14.0 Å². The first-order chi connectivity index (χ1) is 14.3. The fourth-order valence-corrected chi connectivity index (χ4v) is 5.95. The summed E-state index contributed by atoms with van der Waals surface area (Å²) in [6.45, 7) is 6.67. The molecule has 7 heteroatoms. The summed E-state index contributed by atoms with van der Waals surface area (Å²) in [7, 11) is 0. The molecule has 2 amide bonds. The highest BCUT2D eigenvalue weighted by Gasteiger charge is 2.53. The van der Waals surface area contributed by atoms with Crippen molar-refractivity contribution < 1.29 is 9.59 Å². The lowest BCUT2D eigenvalue weighted by molar-refractivity contribution is -0.103. The maximum atomic E-state index is 13.0. The van der Waals surface area contributed by atoms with Crippen LogP contribution in [0, 0.1) is 23.2 Å². The van der Waals surface area contributed by atoms with Crippen molar-refractivity contribution in [3.63, 3.8) is 0 Å². The lowest BCUT2D eigenvalue weighted by Gasteiger charge is -2.60. The molecule has 4 atom stereocenters. The number of carbonyl (C=O) groups is 2. The van der Waals surface area contributed by atoms with Crippen LogP contribution in [0.2, 0.25) is 0 Å². The van der Waals surface area contributed by atoms with Crippen LogP contribution in [0.4, 0.5) is 0 Å². The van der Waals surface area contributed by atoms with Crippen LogP contribution in [0.15, 0.2) is 24.4 Å². The van der Waals surface area contributed by atoms with E-state index < -0.39 is 0 Å². The third kappa shape index (κ3) is 3.11. The number of nitrogens with one attached hydrogen (secondary N) is 1. The SMILES string of the molecule is CC1(C)[C@H]2CC[C@@H](CNC(=O)c3cccc4nc(C(=O)N5CC[C@@H](N)C5)cn34)[C@@H]1C2. The zero-order chi connectivity index (χ0) is 21.0. The van der Waals surface area contributed by atoms with E-state index in [1.807, 2.05) is 12.1 Å². The highest BCUT2D eigenvalue weighted by Crippen LogP contribution is 2.61. The minimum Gasteiger partial charge on any atom is -0.350 e. The number of hydrogen-bond acceptors (Lipinski definition) is 4. The number of rotatable bonds is 4. The molecule has 1 aliphatic heterocycles. The van der Waals surface area contributed by atoms with E-state index in [1.165, 1.54) is 19.3 Å². The Hall–Kier alpha value is -2.41. The maximum absolute atomic E-state index is 13.0. The molecule has 7 nitrogen and oxygen atoms in total. The molecule has 0 unspecified atom stereocenters. The largest absolute Gasteiger partial charge is 0.350 e. The highest BCUT2D eigenvalue weighted by molar-refractivity contribution is 5.95. The first-order valence-corrected chi connectivity index (χ1v) is 11.2. The van der Waals surface area contributed by atoms with Gasteiger partial charge in [-0.2, -0.15) is 0 Å². The van der Waals surface area contributed by atoms with Gasteiger partial charge in [0.25, 0.3) is 11.8 Å². The number of likely N-dealkylation sites (tertiary alicyclic amines) is 1. The Kier molecular flexibility index (Phi) is 4.61. The van der Waals surface area contributed by atoms with E-state index in [2.05, 4.69) is 24.1 Å². The summed E-state index contributed by atoms with van der Waals surface area (Å²) >= 11 is 0. The highest BCUT2D eigenvalue weighted by atomic mass is 16.2. The van der Waals surface area contributed by atoms with Gasteiger partial charge in [0.1, 0.15) is 17.0 Å². The number of nitrogens with two attached hydrogens (primary N) is 1. The van der Waals surface area contributed by atoms with Gasteiger partial charge in [0, 0.05) is 31.9 Å². The topological polar surface area (TPSA) is 92.7 Å². The van der Waals surface area contributed by atoms with Crippen molar-refractivity contribution in [2.45, 2.75) is 45.6 Å². The smallest absolute Gasteiger partial charge is 0.274 e. The monoisotopic (exact) mass is 409 g/mol. The first-order valence-electron chi connectivity index (χ1n) is 11.2. The van der Waals surface area contributed by atoms with Crippen LogP contribution in [0.3, 0.4) is 0 Å². The van der Waals surface area contributed by atoms with Crippen molar-refractivity contribution in [3.8, 4) is 0 Å². The molecular weight excluding hydrogens is 378 g/mol. The zero-order valence-corrected chi connectivity index (χ0v) is 17.8. The Balaban J connectivity index is 1.31. The van der Waals surface area contributed by atoms with Crippen LogP contribution in [-0.2, 0) is 0 Å². The number of carbonyl (C=O) groups excluding carboxylic acids is 2. The van der Waals surface area contributed by atoms with Crippen molar-refractivity contribution >= 4 is 17.5 Å². The molecule has 4 fully saturated rings. The van der Waals surface area contributed by atoms with E-state index in [9.17, 15) is 9.59 Å². The Bertz CT molecular complexity index is 995. The maximum Gasteiger partial charge on any atom is 0.274 e. The standard InChI is InChI=1S/C23H31N5O2/c1-23(2)15-7-6-14(17(23)10-15)11-25-21(29)19-4-3-5-20-26-18(13-28(19)20)22(30)27-9-8-16(24)12-27/h3-5,13-17H,6-12,24H2,1-2H3,(H,25,29)/t14-,15-,16+,17-/m0/s1. The second kappa shape index (κ2) is 7.08. The number of nitrogens with zero attached hydrogens (tertiary/aromatic N) is 3. The summed E-state index contributed by atoms with van der Waals surface area (Å²) in [4.78, 5) is 32.0. The predicted octanol–water partition coefficient (Wildman–Crippen LogP) is 2.31. The second-order valence-corrected chi connectivity index (χ2v) is 9.97. The number of pyridine rings is 1. The van der Waals surface area contributed by atoms with Crippen LogP contribution in [0.5, 0.6) is 0 Å². The molecule has 2 aromatic rings. The molecule has 3 aliphatic carbocycles. The Morgan fingerprint density at radius 3 is 2.80 bits per heavy atom. The molecule has 0 spiro atoms. The number of imidazole rings is 1. The van der Waals surface area contributed by atoms with Crippen molar-refractivity contribution in [3.05, 3.63) is 35.8 Å². The van der Waals surface area contributed by atoms with Crippen molar-refractivity contribution in [1.29, 1.82) is 0 Å². The van der Waals surface area contributed by atoms with E-state index in [0.29, 0.717) is 53.9 Å². The molecule has 4 aliphatic rings. The fraction of sp³-hybridized carbons (Fsp3) is 0.609. The third-order valence-corrected chi connectivity index (χ3v) is 7.98. The van der Waals surface area contributed by atoms with Gasteiger partial charge < -0.3 is 16.0 Å². The first kappa shape index (κ1) is 19.5. The molecule has 3 N–H and O–H groups in total. The zero-order valence-electron chi connectivity index (χ0n) is 17.8. The molecule has 1 saturated heterocycles. The third-order valence-electron chi connectivity index (χ3n) is 7.98. The van der Waals surface area contributed by atoms with Crippen LogP contribution in [0.25, 0.3) is 5.65 Å². The van der Waals surface area contributed by atoms with Crippen LogP contribution < -0.4 is 11.1 Å². The summed E-state index contributed by atoms with van der Waals surface area (Å²) < 4.78 is 1.72. The Morgan fingerprint density at radius 1 is 1.27 bits per heavy atom. The quantitative estimate of drug-likeness (QED) is 0.810. The number of hydrogen-bond donors (Lipinski definition) is 2. The van der Waals surface area contributed by atoms with Gasteiger partial charge in [0.15, 0.2) is 0 Å². The Labute approximate surface area is 177 Å². The lowest BCUT2D eigenvalue weighted by Crippen LogP contribution is -2.54. The van der Waals surface area contributed by atoms with Crippen molar-refractivity contribution in [1.82, 2.24) is 19.6 Å². The van der Waals surface area contributed by atoms with Crippen LogP contribution in [0.1, 0.15) is 60.5 Å².